The predicted molar refractivity (Wildman–Crippen MR) is 95.6 cm³/mol. The molecule has 0 saturated heterocycles. The van der Waals surface area contributed by atoms with Gasteiger partial charge < -0.3 is 0 Å². The second-order valence-corrected chi connectivity index (χ2v) is 7.60. The minimum atomic E-state index is 0.198. The van der Waals surface area contributed by atoms with Crippen molar-refractivity contribution >= 4 is 12.2 Å². The van der Waals surface area contributed by atoms with Gasteiger partial charge in [-0.1, -0.05) is 57.2 Å². The van der Waals surface area contributed by atoms with Gasteiger partial charge in [-0.2, -0.15) is 0 Å². The lowest BCUT2D eigenvalue weighted by atomic mass is 9.88. The van der Waals surface area contributed by atoms with Gasteiger partial charge in [-0.25, -0.2) is 0 Å². The molecule has 3 rings (SSSR count). The molecule has 22 heavy (non-hydrogen) atoms. The summed E-state index contributed by atoms with van der Waals surface area (Å²) in [6.45, 7) is 9.09. The zero-order chi connectivity index (χ0) is 15.7. The second-order valence-electron chi connectivity index (χ2n) is 7.60. The molecule has 1 aromatic carbocycles. The topological polar surface area (TPSA) is 12.4 Å². The fraction of sp³-hybridized carbons (Fsp3) is 0.476. The lowest BCUT2D eigenvalue weighted by Gasteiger charge is -2.24. The molecule has 0 saturated carbocycles. The van der Waals surface area contributed by atoms with E-state index in [0.29, 0.717) is 6.04 Å². The summed E-state index contributed by atoms with van der Waals surface area (Å²) in [7, 11) is 0. The van der Waals surface area contributed by atoms with Gasteiger partial charge >= 0.3 is 0 Å². The van der Waals surface area contributed by atoms with Crippen molar-refractivity contribution in [3.8, 4) is 0 Å². The Labute approximate surface area is 134 Å². The largest absolute Gasteiger partial charge is 0.281 e. The molecule has 0 radical (unpaired) electrons. The monoisotopic (exact) mass is 293 g/mol. The van der Waals surface area contributed by atoms with Crippen molar-refractivity contribution < 1.29 is 0 Å². The van der Waals surface area contributed by atoms with Crippen LogP contribution in [0.4, 0.5) is 0 Å². The molecule has 0 aromatic heterocycles. The van der Waals surface area contributed by atoms with Gasteiger partial charge in [0.1, 0.15) is 0 Å². The third-order valence-electron chi connectivity index (χ3n) is 5.00. The molecule has 1 atom stereocenters. The molecule has 1 aromatic rings. The summed E-state index contributed by atoms with van der Waals surface area (Å²) in [6, 6.07) is 4.88. The van der Waals surface area contributed by atoms with Crippen LogP contribution in [-0.2, 0) is 12.8 Å². The van der Waals surface area contributed by atoms with E-state index in [2.05, 4.69) is 64.1 Å². The molecule has 116 valence electrons. The third kappa shape index (κ3) is 2.95. The normalized spacial score (nSPS) is 17.6. The summed E-state index contributed by atoms with van der Waals surface area (Å²) < 4.78 is 0. The average molecular weight is 293 g/mol. The van der Waals surface area contributed by atoms with Crippen LogP contribution in [0.15, 0.2) is 29.3 Å². The van der Waals surface area contributed by atoms with Gasteiger partial charge in [0.2, 0.25) is 0 Å². The van der Waals surface area contributed by atoms with E-state index in [1.807, 2.05) is 0 Å². The van der Waals surface area contributed by atoms with Crippen molar-refractivity contribution in [3.63, 3.8) is 0 Å². The molecule has 2 aliphatic carbocycles. The van der Waals surface area contributed by atoms with E-state index in [1.54, 1.807) is 0 Å². The second kappa shape index (κ2) is 5.87. The fourth-order valence-corrected chi connectivity index (χ4v) is 3.09. The highest BCUT2D eigenvalue weighted by Gasteiger charge is 2.20. The summed E-state index contributed by atoms with van der Waals surface area (Å²) in [6.07, 6.45) is 13.6. The van der Waals surface area contributed by atoms with E-state index in [9.17, 15) is 0 Å². The van der Waals surface area contributed by atoms with E-state index < -0.39 is 0 Å². The van der Waals surface area contributed by atoms with Gasteiger partial charge in [-0.15, -0.1) is 0 Å². The van der Waals surface area contributed by atoms with E-state index in [-0.39, 0.29) is 5.41 Å². The van der Waals surface area contributed by atoms with Crippen LogP contribution in [0.3, 0.4) is 0 Å². The number of hydrogen-bond acceptors (Lipinski definition) is 1. The van der Waals surface area contributed by atoms with Gasteiger partial charge in [-0.3, -0.25) is 4.99 Å². The average Bonchev–Trinajstić information content (AvgIpc) is 2.65. The quantitative estimate of drug-likeness (QED) is 0.695. The Morgan fingerprint density at radius 3 is 1.86 bits per heavy atom. The Hall–Kier alpha value is -1.63. The maximum absolute atomic E-state index is 5.23. The van der Waals surface area contributed by atoms with Crippen LogP contribution in [0, 0.1) is 5.41 Å². The first-order valence-corrected chi connectivity index (χ1v) is 8.53. The number of hydrogen-bond donors (Lipinski definition) is 0. The number of nitrogens with zero attached hydrogens (tertiary/aromatic N) is 1. The summed E-state index contributed by atoms with van der Waals surface area (Å²) in [5.74, 6) is 0. The lowest BCUT2D eigenvalue weighted by Crippen LogP contribution is -2.27. The summed E-state index contributed by atoms with van der Waals surface area (Å²) in [4.78, 5) is 5.23. The molecule has 0 unspecified atom stereocenters. The Morgan fingerprint density at radius 2 is 1.41 bits per heavy atom. The lowest BCUT2D eigenvalue weighted by molar-refractivity contribution is 0.336. The van der Waals surface area contributed by atoms with E-state index in [0.717, 1.165) is 25.7 Å². The molecule has 0 bridgehead atoms. The van der Waals surface area contributed by atoms with Crippen molar-refractivity contribution in [2.75, 3.05) is 0 Å². The molecule has 0 aliphatic heterocycles. The molecule has 0 spiro atoms. The Balaban J connectivity index is 2.31. The highest BCUT2D eigenvalue weighted by Crippen LogP contribution is 2.24. The molecule has 0 fully saturated rings. The number of allylic oxidation sites excluding steroid dienone is 2. The molecule has 1 heteroatoms. The van der Waals surface area contributed by atoms with Crippen LogP contribution in [0.1, 0.15) is 62.8 Å². The minimum absolute atomic E-state index is 0.198. The van der Waals surface area contributed by atoms with Crippen molar-refractivity contribution in [2.45, 2.75) is 59.4 Å². The van der Waals surface area contributed by atoms with Crippen molar-refractivity contribution in [1.82, 2.24) is 0 Å². The van der Waals surface area contributed by atoms with E-state index in [1.165, 1.54) is 27.6 Å². The first kappa shape index (κ1) is 15.3. The highest BCUT2D eigenvalue weighted by molar-refractivity contribution is 5.62. The Morgan fingerprint density at radius 1 is 0.909 bits per heavy atom. The molecule has 0 N–H and O–H groups in total. The number of fused-ring (bicyclic) bond motifs is 2. The zero-order valence-electron chi connectivity index (χ0n) is 14.3. The first-order valence-electron chi connectivity index (χ1n) is 8.53. The summed E-state index contributed by atoms with van der Waals surface area (Å²) >= 11 is 0. The van der Waals surface area contributed by atoms with E-state index in [4.69, 9.17) is 4.99 Å². The molecule has 0 amide bonds. The minimum Gasteiger partial charge on any atom is -0.281 e. The van der Waals surface area contributed by atoms with Crippen LogP contribution in [-0.4, -0.2) is 6.04 Å². The van der Waals surface area contributed by atoms with E-state index >= 15 is 0 Å². The van der Waals surface area contributed by atoms with Gasteiger partial charge in [-0.05, 0) is 60.3 Å². The Bertz CT molecular complexity index is 651. The predicted octanol–water partition coefficient (Wildman–Crippen LogP) is 4.94. The summed E-state index contributed by atoms with van der Waals surface area (Å²) in [5.41, 5.74) is 5.82. The van der Waals surface area contributed by atoms with Crippen molar-refractivity contribution in [2.24, 2.45) is 10.4 Å². The van der Waals surface area contributed by atoms with Crippen LogP contribution in [0.2, 0.25) is 0 Å². The van der Waals surface area contributed by atoms with Crippen LogP contribution >= 0.6 is 0 Å². The molecule has 0 heterocycles. The van der Waals surface area contributed by atoms with Crippen molar-refractivity contribution in [1.29, 1.82) is 0 Å². The standard InChI is InChI=1S/C21H27N/c1-15(21(2,3)4)22-20-18-11-7-5-9-16(18)13-14-17-10-6-8-12-19(17)20/h5-6,9-10,13-15H,7-8,11-12H2,1-4H3/t15-/m0/s1. The zero-order valence-corrected chi connectivity index (χ0v) is 14.3. The summed E-state index contributed by atoms with van der Waals surface area (Å²) in [5, 5.41) is 1.28. The smallest absolute Gasteiger partial charge is 0.0653 e. The van der Waals surface area contributed by atoms with Crippen molar-refractivity contribution in [3.05, 3.63) is 51.9 Å². The highest BCUT2D eigenvalue weighted by atomic mass is 14.8. The van der Waals surface area contributed by atoms with Gasteiger partial charge in [0, 0.05) is 0 Å². The van der Waals surface area contributed by atoms with Crippen LogP contribution in [0.5, 0.6) is 0 Å². The molecule has 1 nitrogen and oxygen atoms in total. The molecule has 2 aliphatic rings. The molecular formula is C21H27N. The first-order chi connectivity index (χ1) is 10.5. The maximum atomic E-state index is 5.23. The SMILES string of the molecule is C[C@H](N=c1c2c(ccc3c1CCC=C3)C=CCC2)C(C)(C)C. The van der Waals surface area contributed by atoms with Crippen LogP contribution < -0.4 is 5.36 Å². The van der Waals surface area contributed by atoms with Gasteiger partial charge in [0.05, 0.1) is 11.4 Å². The third-order valence-corrected chi connectivity index (χ3v) is 5.00. The maximum Gasteiger partial charge on any atom is 0.0653 e. The van der Waals surface area contributed by atoms with Gasteiger partial charge in [0.25, 0.3) is 0 Å². The number of rotatable bonds is 1. The molecular weight excluding hydrogens is 266 g/mol. The van der Waals surface area contributed by atoms with Gasteiger partial charge in [0.15, 0.2) is 0 Å². The Kier molecular flexibility index (Phi) is 4.08. The fourth-order valence-electron chi connectivity index (χ4n) is 3.09. The van der Waals surface area contributed by atoms with Crippen LogP contribution in [0.25, 0.3) is 12.2 Å².